The maximum Gasteiger partial charge on any atom is 0.257 e. The number of hydrogen-bond acceptors (Lipinski definition) is 4. The van der Waals surface area contributed by atoms with Gasteiger partial charge in [0.05, 0.1) is 7.11 Å². The first-order chi connectivity index (χ1) is 8.08. The van der Waals surface area contributed by atoms with E-state index in [0.717, 1.165) is 0 Å². The summed E-state index contributed by atoms with van der Waals surface area (Å²) >= 11 is 0. The number of amidine groups is 1. The number of carbonyl (C=O) groups is 1. The predicted molar refractivity (Wildman–Crippen MR) is 70.8 cm³/mol. The Kier molecular flexibility index (Phi) is 6.59. The molecule has 1 aromatic carbocycles. The van der Waals surface area contributed by atoms with Gasteiger partial charge in [0.2, 0.25) is 0 Å². The second-order valence-electron chi connectivity index (χ2n) is 3.24. The lowest BCUT2D eigenvalue weighted by molar-refractivity contribution is -0.122. The summed E-state index contributed by atoms with van der Waals surface area (Å²) in [6.07, 6.45) is 0. The number of likely N-dealkylation sites (N-methyl/N-ethyl adjacent to an activating group) is 1. The maximum atomic E-state index is 11.0. The number of methoxy groups -OCH3 is 1. The van der Waals surface area contributed by atoms with Crippen LogP contribution in [0.1, 0.15) is 5.56 Å². The van der Waals surface area contributed by atoms with Gasteiger partial charge in [0, 0.05) is 12.6 Å². The molecular weight excluding hydrogens is 258 g/mol. The van der Waals surface area contributed by atoms with Gasteiger partial charge in [-0.1, -0.05) is 0 Å². The summed E-state index contributed by atoms with van der Waals surface area (Å²) in [6.45, 7) is -0.0910. The van der Waals surface area contributed by atoms with E-state index in [1.54, 1.807) is 18.2 Å². The Morgan fingerprint density at radius 1 is 1.44 bits per heavy atom. The van der Waals surface area contributed by atoms with E-state index in [4.69, 9.17) is 20.6 Å². The normalized spacial score (nSPS) is 9.00. The van der Waals surface area contributed by atoms with E-state index in [1.807, 2.05) is 0 Å². The van der Waals surface area contributed by atoms with Crippen LogP contribution in [0.3, 0.4) is 0 Å². The molecule has 100 valence electrons. The first-order valence-electron chi connectivity index (χ1n) is 4.94. The van der Waals surface area contributed by atoms with Crippen LogP contribution in [0.5, 0.6) is 11.5 Å². The zero-order chi connectivity index (χ0) is 12.8. The number of nitrogens with one attached hydrogen (secondary N) is 2. The van der Waals surface area contributed by atoms with Crippen LogP contribution >= 0.6 is 12.4 Å². The second-order valence-corrected chi connectivity index (χ2v) is 3.24. The number of nitrogens with two attached hydrogens (primary N) is 1. The minimum Gasteiger partial charge on any atom is -0.493 e. The highest BCUT2D eigenvalue weighted by molar-refractivity contribution is 5.95. The summed E-state index contributed by atoms with van der Waals surface area (Å²) in [5, 5.41) is 9.74. The molecule has 0 heterocycles. The van der Waals surface area contributed by atoms with Crippen LogP contribution in [-0.4, -0.2) is 32.5 Å². The zero-order valence-electron chi connectivity index (χ0n) is 10.1. The van der Waals surface area contributed by atoms with Crippen LogP contribution < -0.4 is 20.5 Å². The molecule has 0 saturated carbocycles. The topological polar surface area (TPSA) is 97.4 Å². The molecule has 0 aromatic heterocycles. The van der Waals surface area contributed by atoms with E-state index < -0.39 is 0 Å². The van der Waals surface area contributed by atoms with E-state index in [0.29, 0.717) is 17.1 Å². The van der Waals surface area contributed by atoms with Gasteiger partial charge in [0.1, 0.15) is 5.84 Å². The number of carbonyl (C=O) groups excluding carboxylic acids is 1. The molecule has 0 radical (unpaired) electrons. The van der Waals surface area contributed by atoms with Gasteiger partial charge in [-0.25, -0.2) is 0 Å². The van der Waals surface area contributed by atoms with Crippen LogP contribution in [0.15, 0.2) is 18.2 Å². The summed E-state index contributed by atoms with van der Waals surface area (Å²) in [6, 6.07) is 4.82. The minimum absolute atomic E-state index is 0. The van der Waals surface area contributed by atoms with Crippen molar-refractivity contribution in [3.05, 3.63) is 23.8 Å². The molecule has 1 rings (SSSR count). The Morgan fingerprint density at radius 2 is 2.11 bits per heavy atom. The molecule has 0 bridgehead atoms. The van der Waals surface area contributed by atoms with Crippen molar-refractivity contribution in [3.8, 4) is 11.5 Å². The van der Waals surface area contributed by atoms with Gasteiger partial charge in [0.15, 0.2) is 18.1 Å². The number of hydrogen-bond donors (Lipinski definition) is 3. The highest BCUT2D eigenvalue weighted by Gasteiger charge is 2.08. The molecule has 0 spiro atoms. The van der Waals surface area contributed by atoms with Crippen molar-refractivity contribution in [2.45, 2.75) is 0 Å². The van der Waals surface area contributed by atoms with E-state index in [2.05, 4.69) is 5.32 Å². The molecule has 0 saturated heterocycles. The number of ether oxygens (including phenoxy) is 2. The predicted octanol–water partition coefficient (Wildman–Crippen LogP) is 0.526. The van der Waals surface area contributed by atoms with Crippen molar-refractivity contribution in [2.75, 3.05) is 20.8 Å². The van der Waals surface area contributed by atoms with E-state index in [1.165, 1.54) is 14.2 Å². The van der Waals surface area contributed by atoms with Crippen LogP contribution in [0.4, 0.5) is 0 Å². The maximum absolute atomic E-state index is 11.0. The Morgan fingerprint density at radius 3 is 2.61 bits per heavy atom. The number of nitrogen functional groups attached to an aromatic ring is 1. The smallest absolute Gasteiger partial charge is 0.257 e. The molecule has 0 fully saturated rings. The SMILES string of the molecule is CNC(=O)COc1ccc(C(=N)N)cc1OC.Cl. The van der Waals surface area contributed by atoms with Crippen molar-refractivity contribution in [3.63, 3.8) is 0 Å². The lowest BCUT2D eigenvalue weighted by Crippen LogP contribution is -2.25. The molecule has 0 atom stereocenters. The zero-order valence-corrected chi connectivity index (χ0v) is 11.0. The number of amides is 1. The third-order valence-corrected chi connectivity index (χ3v) is 2.11. The lowest BCUT2D eigenvalue weighted by atomic mass is 10.2. The fraction of sp³-hybridized carbons (Fsp3) is 0.273. The average Bonchev–Trinajstić information content (AvgIpc) is 2.35. The van der Waals surface area contributed by atoms with E-state index >= 15 is 0 Å². The van der Waals surface area contributed by atoms with Gasteiger partial charge in [-0.15, -0.1) is 12.4 Å². The van der Waals surface area contributed by atoms with Gasteiger partial charge in [-0.05, 0) is 18.2 Å². The summed E-state index contributed by atoms with van der Waals surface area (Å²) in [7, 11) is 3.01. The monoisotopic (exact) mass is 273 g/mol. The average molecular weight is 274 g/mol. The van der Waals surface area contributed by atoms with Gasteiger partial charge >= 0.3 is 0 Å². The first-order valence-corrected chi connectivity index (χ1v) is 4.94. The molecule has 7 heteroatoms. The largest absolute Gasteiger partial charge is 0.493 e. The van der Waals surface area contributed by atoms with Crippen molar-refractivity contribution < 1.29 is 14.3 Å². The molecule has 6 nitrogen and oxygen atoms in total. The molecule has 1 amide bonds. The van der Waals surface area contributed by atoms with Crippen molar-refractivity contribution in [1.82, 2.24) is 5.32 Å². The fourth-order valence-electron chi connectivity index (χ4n) is 1.17. The lowest BCUT2D eigenvalue weighted by Gasteiger charge is -2.11. The molecule has 0 aliphatic carbocycles. The molecular formula is C11H16ClN3O3. The van der Waals surface area contributed by atoms with Crippen molar-refractivity contribution >= 4 is 24.1 Å². The second kappa shape index (κ2) is 7.39. The summed E-state index contributed by atoms with van der Waals surface area (Å²) in [5.41, 5.74) is 5.89. The summed E-state index contributed by atoms with van der Waals surface area (Å²) in [5.74, 6) is 0.576. The third-order valence-electron chi connectivity index (χ3n) is 2.11. The molecule has 1 aromatic rings. The van der Waals surface area contributed by atoms with E-state index in [-0.39, 0.29) is 30.8 Å². The molecule has 18 heavy (non-hydrogen) atoms. The van der Waals surface area contributed by atoms with E-state index in [9.17, 15) is 4.79 Å². The number of halogens is 1. The fourth-order valence-corrected chi connectivity index (χ4v) is 1.17. The highest BCUT2D eigenvalue weighted by atomic mass is 35.5. The Bertz CT molecular complexity index is 438. The van der Waals surface area contributed by atoms with Crippen LogP contribution in [-0.2, 0) is 4.79 Å². The molecule has 0 unspecified atom stereocenters. The molecule has 4 N–H and O–H groups in total. The quantitative estimate of drug-likeness (QED) is 0.538. The molecule has 0 aliphatic heterocycles. The third kappa shape index (κ3) is 4.14. The number of benzene rings is 1. The number of rotatable bonds is 5. The van der Waals surface area contributed by atoms with Gasteiger partial charge < -0.3 is 20.5 Å². The van der Waals surface area contributed by atoms with Crippen molar-refractivity contribution in [2.24, 2.45) is 5.73 Å². The molecule has 0 aliphatic rings. The Labute approximate surface area is 111 Å². The Balaban J connectivity index is 0.00000289. The van der Waals surface area contributed by atoms with Crippen LogP contribution in [0.2, 0.25) is 0 Å². The Hall–Kier alpha value is -1.95. The minimum atomic E-state index is -0.234. The van der Waals surface area contributed by atoms with Crippen LogP contribution in [0.25, 0.3) is 0 Å². The van der Waals surface area contributed by atoms with Crippen molar-refractivity contribution in [1.29, 1.82) is 5.41 Å². The standard InChI is InChI=1S/C11H15N3O3.ClH/c1-14-10(15)6-17-8-4-3-7(11(12)13)5-9(8)16-2;/h3-5H,6H2,1-2H3,(H3,12,13)(H,14,15);1H. The van der Waals surface area contributed by atoms with Crippen LogP contribution in [0, 0.1) is 5.41 Å². The van der Waals surface area contributed by atoms with Gasteiger partial charge in [0.25, 0.3) is 5.91 Å². The summed E-state index contributed by atoms with van der Waals surface area (Å²) in [4.78, 5) is 11.0. The van der Waals surface area contributed by atoms with Gasteiger partial charge in [-0.2, -0.15) is 0 Å². The summed E-state index contributed by atoms with van der Waals surface area (Å²) < 4.78 is 10.4. The highest BCUT2D eigenvalue weighted by Crippen LogP contribution is 2.27. The van der Waals surface area contributed by atoms with Gasteiger partial charge in [-0.3, -0.25) is 10.2 Å². The first kappa shape index (κ1) is 16.1.